The van der Waals surface area contributed by atoms with Crippen LogP contribution < -0.4 is 5.73 Å². The van der Waals surface area contributed by atoms with Gasteiger partial charge < -0.3 is 15.2 Å². The molecule has 0 aromatic carbocycles. The third-order valence-electron chi connectivity index (χ3n) is 4.27. The number of nitrogens with two attached hydrogens (primary N) is 1. The van der Waals surface area contributed by atoms with Gasteiger partial charge in [0.25, 0.3) is 0 Å². The molecule has 8 heteroatoms. The van der Waals surface area contributed by atoms with E-state index in [1.54, 1.807) is 0 Å². The molecular formula is C15H30N2O5S. The molecule has 1 aliphatic carbocycles. The Bertz CT molecular complexity index is 522. The summed E-state index contributed by atoms with van der Waals surface area (Å²) in [5.74, 6) is -0.430. The number of nitrogens with zero attached hydrogens (tertiary/aromatic N) is 1. The van der Waals surface area contributed by atoms with Crippen molar-refractivity contribution in [1.82, 2.24) is 4.31 Å². The monoisotopic (exact) mass is 350 g/mol. The number of sulfonamides is 1. The van der Waals surface area contributed by atoms with Gasteiger partial charge in [-0.3, -0.25) is 4.79 Å². The molecule has 1 unspecified atom stereocenters. The zero-order chi connectivity index (χ0) is 18.0. The topological polar surface area (TPSA) is 98.9 Å². The van der Waals surface area contributed by atoms with Crippen molar-refractivity contribution in [3.05, 3.63) is 0 Å². The van der Waals surface area contributed by atoms with Gasteiger partial charge in [-0.2, -0.15) is 0 Å². The molecule has 1 saturated carbocycles. The minimum absolute atomic E-state index is 0.0281. The number of hydrogen-bond donors (Lipinski definition) is 1. The molecule has 2 N–H and O–H groups in total. The lowest BCUT2D eigenvalue weighted by Gasteiger charge is -2.26. The summed E-state index contributed by atoms with van der Waals surface area (Å²) in [4.78, 5) is 12.1. The van der Waals surface area contributed by atoms with E-state index in [1.165, 1.54) is 11.4 Å². The molecule has 136 valence electrons. The molecule has 0 amide bonds. The summed E-state index contributed by atoms with van der Waals surface area (Å²) in [7, 11) is -1.84. The Morgan fingerprint density at radius 1 is 1.39 bits per heavy atom. The van der Waals surface area contributed by atoms with E-state index in [0.29, 0.717) is 6.42 Å². The van der Waals surface area contributed by atoms with Gasteiger partial charge in [0.15, 0.2) is 0 Å². The van der Waals surface area contributed by atoms with E-state index in [2.05, 4.69) is 0 Å². The number of hydrogen-bond acceptors (Lipinski definition) is 6. The van der Waals surface area contributed by atoms with E-state index < -0.39 is 33.7 Å². The first-order valence-electron chi connectivity index (χ1n) is 7.98. The van der Waals surface area contributed by atoms with Crippen LogP contribution in [0.5, 0.6) is 0 Å². The maximum atomic E-state index is 12.1. The zero-order valence-corrected chi connectivity index (χ0v) is 15.7. The summed E-state index contributed by atoms with van der Waals surface area (Å²) < 4.78 is 35.8. The SMILES string of the molecule is CC[C@H](C)[C@H](N)C(=O)O[C@@H]1CC1(CN(C)S(C)(=O)=O)OC(C)C. The minimum Gasteiger partial charge on any atom is -0.458 e. The highest BCUT2D eigenvalue weighted by atomic mass is 32.2. The molecule has 0 aromatic heterocycles. The van der Waals surface area contributed by atoms with Crippen LogP contribution in [0.25, 0.3) is 0 Å². The fourth-order valence-electron chi connectivity index (χ4n) is 2.40. The summed E-state index contributed by atoms with van der Waals surface area (Å²) in [5, 5.41) is 0. The van der Waals surface area contributed by atoms with Crippen LogP contribution in [0, 0.1) is 5.92 Å². The van der Waals surface area contributed by atoms with E-state index >= 15 is 0 Å². The Kier molecular flexibility index (Phi) is 6.60. The van der Waals surface area contributed by atoms with Gasteiger partial charge in [0.2, 0.25) is 10.0 Å². The van der Waals surface area contributed by atoms with Gasteiger partial charge in [0, 0.05) is 20.0 Å². The van der Waals surface area contributed by atoms with E-state index in [1.807, 2.05) is 27.7 Å². The van der Waals surface area contributed by atoms with Gasteiger partial charge in [-0.25, -0.2) is 12.7 Å². The molecule has 0 aromatic rings. The second kappa shape index (κ2) is 7.46. The first-order valence-corrected chi connectivity index (χ1v) is 9.83. The predicted molar refractivity (Wildman–Crippen MR) is 88.4 cm³/mol. The molecule has 0 bridgehead atoms. The van der Waals surface area contributed by atoms with Gasteiger partial charge in [0.1, 0.15) is 17.7 Å². The molecule has 1 aliphatic rings. The number of rotatable bonds is 9. The van der Waals surface area contributed by atoms with Crippen LogP contribution in [0.4, 0.5) is 0 Å². The maximum Gasteiger partial charge on any atom is 0.323 e. The summed E-state index contributed by atoms with van der Waals surface area (Å²) in [5.41, 5.74) is 5.11. The third-order valence-corrected chi connectivity index (χ3v) is 5.53. The van der Waals surface area contributed by atoms with Crippen molar-refractivity contribution in [3.8, 4) is 0 Å². The van der Waals surface area contributed by atoms with Crippen LogP contribution >= 0.6 is 0 Å². The highest BCUT2D eigenvalue weighted by Crippen LogP contribution is 2.44. The predicted octanol–water partition coefficient (Wildman–Crippen LogP) is 0.731. The number of carbonyl (C=O) groups excluding carboxylic acids is 1. The highest BCUT2D eigenvalue weighted by molar-refractivity contribution is 7.88. The van der Waals surface area contributed by atoms with Crippen molar-refractivity contribution in [3.63, 3.8) is 0 Å². The van der Waals surface area contributed by atoms with Crippen molar-refractivity contribution < 1.29 is 22.7 Å². The molecular weight excluding hydrogens is 320 g/mol. The van der Waals surface area contributed by atoms with Gasteiger partial charge in [-0.15, -0.1) is 0 Å². The average Bonchev–Trinajstić information content (AvgIpc) is 3.06. The molecule has 0 aliphatic heterocycles. The first-order chi connectivity index (χ1) is 10.4. The van der Waals surface area contributed by atoms with Crippen LogP contribution in [0.2, 0.25) is 0 Å². The van der Waals surface area contributed by atoms with Crippen LogP contribution in [-0.4, -0.2) is 62.4 Å². The first kappa shape index (κ1) is 20.3. The minimum atomic E-state index is -3.33. The molecule has 0 heterocycles. The van der Waals surface area contributed by atoms with Crippen LogP contribution in [0.3, 0.4) is 0 Å². The number of likely N-dealkylation sites (N-methyl/N-ethyl adjacent to an activating group) is 1. The standard InChI is InChI=1S/C15H30N2O5S/c1-7-11(4)13(16)14(18)21-12-8-15(12,22-10(2)3)9-17(5)23(6,19)20/h10-13H,7-9,16H2,1-6H3/t11-,12+,13-,15?/m0/s1. The Balaban J connectivity index is 2.75. The van der Waals surface area contributed by atoms with Crippen LogP contribution in [-0.2, 0) is 24.3 Å². The van der Waals surface area contributed by atoms with E-state index in [9.17, 15) is 13.2 Å². The quantitative estimate of drug-likeness (QED) is 0.616. The van der Waals surface area contributed by atoms with Crippen molar-refractivity contribution in [2.75, 3.05) is 19.8 Å². The van der Waals surface area contributed by atoms with E-state index in [0.717, 1.165) is 12.7 Å². The Labute approximate surface area is 139 Å². The Morgan fingerprint density at radius 3 is 2.39 bits per heavy atom. The fourth-order valence-corrected chi connectivity index (χ4v) is 2.85. The lowest BCUT2D eigenvalue weighted by molar-refractivity contribution is -0.152. The van der Waals surface area contributed by atoms with Crippen LogP contribution in [0.15, 0.2) is 0 Å². The van der Waals surface area contributed by atoms with Crippen molar-refractivity contribution in [2.24, 2.45) is 11.7 Å². The van der Waals surface area contributed by atoms with Crippen molar-refractivity contribution >= 4 is 16.0 Å². The molecule has 1 rings (SSSR count). The Hall–Kier alpha value is -0.700. The molecule has 0 spiro atoms. The van der Waals surface area contributed by atoms with Gasteiger partial charge in [0.05, 0.1) is 12.4 Å². The Morgan fingerprint density at radius 2 is 1.96 bits per heavy atom. The summed E-state index contributed by atoms with van der Waals surface area (Å²) >= 11 is 0. The summed E-state index contributed by atoms with van der Waals surface area (Å²) in [6.45, 7) is 7.74. The number of esters is 1. The average molecular weight is 350 g/mol. The molecule has 1 fully saturated rings. The molecule has 7 nitrogen and oxygen atoms in total. The lowest BCUT2D eigenvalue weighted by atomic mass is 10.0. The largest absolute Gasteiger partial charge is 0.458 e. The summed E-state index contributed by atoms with van der Waals surface area (Å²) in [6.07, 6.45) is 1.83. The fraction of sp³-hybridized carbons (Fsp3) is 0.933. The van der Waals surface area contributed by atoms with Gasteiger partial charge in [-0.1, -0.05) is 20.3 Å². The van der Waals surface area contributed by atoms with Crippen molar-refractivity contribution in [1.29, 1.82) is 0 Å². The van der Waals surface area contributed by atoms with E-state index in [-0.39, 0.29) is 18.6 Å². The zero-order valence-electron chi connectivity index (χ0n) is 14.9. The molecule has 4 atom stereocenters. The normalized spacial score (nSPS) is 27.1. The highest BCUT2D eigenvalue weighted by Gasteiger charge is 2.60. The molecule has 23 heavy (non-hydrogen) atoms. The van der Waals surface area contributed by atoms with Gasteiger partial charge in [-0.05, 0) is 19.8 Å². The lowest BCUT2D eigenvalue weighted by Crippen LogP contribution is -2.43. The summed E-state index contributed by atoms with van der Waals surface area (Å²) in [6, 6.07) is -0.676. The number of carbonyl (C=O) groups is 1. The second-order valence-electron chi connectivity index (χ2n) is 6.79. The van der Waals surface area contributed by atoms with Crippen LogP contribution in [0.1, 0.15) is 40.5 Å². The smallest absolute Gasteiger partial charge is 0.323 e. The van der Waals surface area contributed by atoms with E-state index in [4.69, 9.17) is 15.2 Å². The number of ether oxygens (including phenoxy) is 2. The third kappa shape index (κ3) is 5.41. The molecule has 0 radical (unpaired) electrons. The maximum absolute atomic E-state index is 12.1. The van der Waals surface area contributed by atoms with Gasteiger partial charge >= 0.3 is 5.97 Å². The second-order valence-corrected chi connectivity index (χ2v) is 8.88. The van der Waals surface area contributed by atoms with Crippen molar-refractivity contribution in [2.45, 2.75) is 64.4 Å². The molecule has 0 saturated heterocycles.